The highest BCUT2D eigenvalue weighted by atomic mass is 19.2. The number of carbonyl (C=O) groups is 1. The maximum absolute atomic E-state index is 13.0. The third-order valence-electron chi connectivity index (χ3n) is 2.59. The third kappa shape index (κ3) is 2.52. The fraction of sp³-hybridized carbons (Fsp3) is 0.364. The predicted octanol–water partition coefficient (Wildman–Crippen LogP) is 1.16. The van der Waals surface area contributed by atoms with Crippen molar-refractivity contribution in [3.05, 3.63) is 29.8 Å². The zero-order chi connectivity index (χ0) is 12.5. The number of carboxylic acid groups (broad SMARTS) is 1. The second-order valence-electron chi connectivity index (χ2n) is 4.04. The maximum Gasteiger partial charge on any atom is 0.307 e. The highest BCUT2D eigenvalue weighted by Gasteiger charge is 2.41. The molecule has 0 saturated carbocycles. The van der Waals surface area contributed by atoms with Gasteiger partial charge in [0.25, 0.3) is 0 Å². The van der Waals surface area contributed by atoms with E-state index in [4.69, 9.17) is 9.84 Å². The van der Waals surface area contributed by atoms with Gasteiger partial charge in [0.1, 0.15) is 11.4 Å². The smallest absolute Gasteiger partial charge is 0.307 e. The van der Waals surface area contributed by atoms with Crippen molar-refractivity contribution in [2.24, 2.45) is 0 Å². The summed E-state index contributed by atoms with van der Waals surface area (Å²) in [5, 5.41) is 11.6. The Morgan fingerprint density at radius 2 is 2.12 bits per heavy atom. The first-order valence-electron chi connectivity index (χ1n) is 5.07. The molecular weight excluding hydrogens is 232 g/mol. The van der Waals surface area contributed by atoms with Gasteiger partial charge in [-0.1, -0.05) is 0 Å². The lowest BCUT2D eigenvalue weighted by Crippen LogP contribution is -2.64. The van der Waals surface area contributed by atoms with Crippen molar-refractivity contribution in [3.8, 4) is 5.75 Å². The number of hydrogen-bond donors (Lipinski definition) is 2. The largest absolute Gasteiger partial charge is 0.484 e. The molecule has 2 rings (SSSR count). The molecule has 17 heavy (non-hydrogen) atoms. The van der Waals surface area contributed by atoms with Gasteiger partial charge < -0.3 is 15.2 Å². The van der Waals surface area contributed by atoms with E-state index in [0.717, 1.165) is 12.1 Å². The molecule has 0 spiro atoms. The average molecular weight is 243 g/mol. The van der Waals surface area contributed by atoms with E-state index in [1.54, 1.807) is 0 Å². The molecule has 1 fully saturated rings. The number of rotatable bonds is 4. The molecule has 1 aromatic rings. The average Bonchev–Trinajstić information content (AvgIpc) is 2.19. The first kappa shape index (κ1) is 11.8. The molecular formula is C11H11F2NO3. The molecule has 0 atom stereocenters. The van der Waals surface area contributed by atoms with Crippen LogP contribution in [0.15, 0.2) is 18.2 Å². The molecule has 0 aliphatic carbocycles. The van der Waals surface area contributed by atoms with E-state index >= 15 is 0 Å². The molecule has 1 saturated heterocycles. The van der Waals surface area contributed by atoms with Gasteiger partial charge in [-0.2, -0.15) is 0 Å². The fourth-order valence-electron chi connectivity index (χ4n) is 1.70. The number of nitrogens with one attached hydrogen (secondary N) is 1. The molecule has 1 aliphatic rings. The van der Waals surface area contributed by atoms with E-state index < -0.39 is 23.2 Å². The fourth-order valence-corrected chi connectivity index (χ4v) is 1.70. The van der Waals surface area contributed by atoms with Crippen LogP contribution in [-0.4, -0.2) is 29.8 Å². The maximum atomic E-state index is 13.0. The quantitative estimate of drug-likeness (QED) is 0.833. The molecule has 1 aliphatic heterocycles. The van der Waals surface area contributed by atoms with Gasteiger partial charge in [-0.05, 0) is 12.1 Å². The minimum Gasteiger partial charge on any atom is -0.484 e. The van der Waals surface area contributed by atoms with Gasteiger partial charge in [-0.25, -0.2) is 8.78 Å². The minimum atomic E-state index is -1.01. The molecule has 0 aromatic heterocycles. The second kappa shape index (κ2) is 4.29. The Bertz CT molecular complexity index is 446. The van der Waals surface area contributed by atoms with Gasteiger partial charge in [-0.3, -0.25) is 4.79 Å². The molecule has 0 bridgehead atoms. The van der Waals surface area contributed by atoms with Crippen LogP contribution in [0, 0.1) is 11.6 Å². The normalized spacial score (nSPS) is 17.3. The van der Waals surface area contributed by atoms with E-state index in [0.29, 0.717) is 13.1 Å². The molecule has 92 valence electrons. The summed E-state index contributed by atoms with van der Waals surface area (Å²) in [6.45, 7) is 0.747. The number of carboxylic acids is 1. The van der Waals surface area contributed by atoms with E-state index in [9.17, 15) is 13.6 Å². The SMILES string of the molecule is O=C(O)CC1(Oc2ccc(F)c(F)c2)CNC1. The van der Waals surface area contributed by atoms with Crippen LogP contribution in [0.4, 0.5) is 8.78 Å². The Labute approximate surface area is 96.2 Å². The summed E-state index contributed by atoms with van der Waals surface area (Å²) in [5.41, 5.74) is -0.865. The first-order valence-corrected chi connectivity index (χ1v) is 5.07. The summed E-state index contributed by atoms with van der Waals surface area (Å²) in [6, 6.07) is 3.14. The predicted molar refractivity (Wildman–Crippen MR) is 54.8 cm³/mol. The summed E-state index contributed by atoms with van der Waals surface area (Å²) in [4.78, 5) is 10.7. The number of halogens is 2. The van der Waals surface area contributed by atoms with Crippen LogP contribution in [-0.2, 0) is 4.79 Å². The number of benzene rings is 1. The Hall–Kier alpha value is -1.69. The lowest BCUT2D eigenvalue weighted by atomic mass is 9.92. The number of hydrogen-bond acceptors (Lipinski definition) is 3. The van der Waals surface area contributed by atoms with Gasteiger partial charge in [0.15, 0.2) is 11.6 Å². The third-order valence-corrected chi connectivity index (χ3v) is 2.59. The van der Waals surface area contributed by atoms with Gasteiger partial charge in [-0.15, -0.1) is 0 Å². The summed E-state index contributed by atoms with van der Waals surface area (Å²) >= 11 is 0. The van der Waals surface area contributed by atoms with Gasteiger partial charge >= 0.3 is 5.97 Å². The van der Waals surface area contributed by atoms with Crippen molar-refractivity contribution in [1.82, 2.24) is 5.32 Å². The standard InChI is InChI=1S/C11H11F2NO3/c12-8-2-1-7(3-9(8)13)17-11(4-10(15)16)5-14-6-11/h1-3,14H,4-6H2,(H,15,16). The van der Waals surface area contributed by atoms with Crippen LogP contribution in [0.25, 0.3) is 0 Å². The van der Waals surface area contributed by atoms with Crippen LogP contribution in [0.3, 0.4) is 0 Å². The van der Waals surface area contributed by atoms with Crippen LogP contribution in [0.1, 0.15) is 6.42 Å². The topological polar surface area (TPSA) is 58.6 Å². The second-order valence-corrected chi connectivity index (χ2v) is 4.04. The van der Waals surface area contributed by atoms with Crippen molar-refractivity contribution in [2.45, 2.75) is 12.0 Å². The van der Waals surface area contributed by atoms with E-state index in [1.807, 2.05) is 0 Å². The molecule has 0 amide bonds. The summed E-state index contributed by atoms with van der Waals surface area (Å²) in [6.07, 6.45) is -0.182. The lowest BCUT2D eigenvalue weighted by Gasteiger charge is -2.41. The van der Waals surface area contributed by atoms with Gasteiger partial charge in [0.2, 0.25) is 0 Å². The summed E-state index contributed by atoms with van der Waals surface area (Å²) < 4.78 is 31.1. The zero-order valence-corrected chi connectivity index (χ0v) is 8.87. The molecule has 2 N–H and O–H groups in total. The van der Waals surface area contributed by atoms with Crippen molar-refractivity contribution in [1.29, 1.82) is 0 Å². The van der Waals surface area contributed by atoms with Crippen molar-refractivity contribution in [2.75, 3.05) is 13.1 Å². The monoisotopic (exact) mass is 243 g/mol. The van der Waals surface area contributed by atoms with E-state index in [1.165, 1.54) is 6.07 Å². The molecule has 0 radical (unpaired) electrons. The van der Waals surface area contributed by atoms with E-state index in [-0.39, 0.29) is 12.2 Å². The highest BCUT2D eigenvalue weighted by molar-refractivity contribution is 5.68. The molecule has 6 heteroatoms. The van der Waals surface area contributed by atoms with Gasteiger partial charge in [0, 0.05) is 19.2 Å². The van der Waals surface area contributed by atoms with Crippen molar-refractivity contribution >= 4 is 5.97 Å². The van der Waals surface area contributed by atoms with Crippen molar-refractivity contribution in [3.63, 3.8) is 0 Å². The van der Waals surface area contributed by atoms with Crippen LogP contribution >= 0.6 is 0 Å². The summed E-state index contributed by atoms with van der Waals surface area (Å²) in [7, 11) is 0. The number of aliphatic carboxylic acids is 1. The van der Waals surface area contributed by atoms with E-state index in [2.05, 4.69) is 5.32 Å². The molecule has 4 nitrogen and oxygen atoms in total. The highest BCUT2D eigenvalue weighted by Crippen LogP contribution is 2.26. The number of ether oxygens (including phenoxy) is 1. The minimum absolute atomic E-state index is 0.131. The molecule has 1 heterocycles. The Morgan fingerprint density at radius 3 is 2.59 bits per heavy atom. The molecule has 0 unspecified atom stereocenters. The van der Waals surface area contributed by atoms with Gasteiger partial charge in [0.05, 0.1) is 6.42 Å². The Morgan fingerprint density at radius 1 is 1.41 bits per heavy atom. The Kier molecular flexibility index (Phi) is 2.97. The van der Waals surface area contributed by atoms with Crippen molar-refractivity contribution < 1.29 is 23.4 Å². The lowest BCUT2D eigenvalue weighted by molar-refractivity contribution is -0.143. The van der Waals surface area contributed by atoms with Crippen LogP contribution < -0.4 is 10.1 Å². The summed E-state index contributed by atoms with van der Waals surface area (Å²) in [5.74, 6) is -2.84. The molecule has 1 aromatic carbocycles. The Balaban J connectivity index is 2.13. The van der Waals surface area contributed by atoms with Crippen LogP contribution in [0.2, 0.25) is 0 Å². The van der Waals surface area contributed by atoms with Crippen LogP contribution in [0.5, 0.6) is 5.75 Å². The first-order chi connectivity index (χ1) is 8.01. The zero-order valence-electron chi connectivity index (χ0n) is 8.87.